The second kappa shape index (κ2) is 8.68. The predicted octanol–water partition coefficient (Wildman–Crippen LogP) is 4.83. The van der Waals surface area contributed by atoms with Crippen LogP contribution in [-0.2, 0) is 24.1 Å². The molecule has 0 saturated carbocycles. The molecule has 10 heteroatoms. The average Bonchev–Trinajstić information content (AvgIpc) is 3.42. The number of carbonyl (C=O) groups is 1. The molecule has 0 radical (unpaired) electrons. The van der Waals surface area contributed by atoms with Gasteiger partial charge in [0.15, 0.2) is 5.69 Å². The third kappa shape index (κ3) is 5.15. The number of thiazole rings is 1. The third-order valence-corrected chi connectivity index (χ3v) is 5.24. The van der Waals surface area contributed by atoms with Crippen LogP contribution in [-0.4, -0.2) is 25.9 Å². The zero-order valence-electron chi connectivity index (χ0n) is 15.9. The number of halogens is 3. The van der Waals surface area contributed by atoms with E-state index in [0.717, 1.165) is 17.7 Å². The van der Waals surface area contributed by atoms with Gasteiger partial charge in [-0.2, -0.15) is 13.2 Å². The van der Waals surface area contributed by atoms with E-state index in [-0.39, 0.29) is 12.3 Å². The molecule has 0 amide bonds. The van der Waals surface area contributed by atoms with E-state index in [9.17, 15) is 18.0 Å². The highest BCUT2D eigenvalue weighted by molar-refractivity contribution is 7.13. The molecule has 0 atom stereocenters. The normalized spacial score (nSPS) is 11.5. The van der Waals surface area contributed by atoms with Crippen molar-refractivity contribution >= 4 is 17.3 Å². The van der Waals surface area contributed by atoms with Crippen LogP contribution in [0.15, 0.2) is 66.2 Å². The van der Waals surface area contributed by atoms with Crippen LogP contribution < -0.4 is 0 Å². The van der Waals surface area contributed by atoms with Crippen molar-refractivity contribution in [1.29, 1.82) is 0 Å². The molecule has 0 fully saturated rings. The van der Waals surface area contributed by atoms with Crippen molar-refractivity contribution in [1.82, 2.24) is 20.0 Å². The highest BCUT2D eigenvalue weighted by Gasteiger charge is 2.30. The van der Waals surface area contributed by atoms with Gasteiger partial charge in [0, 0.05) is 10.9 Å². The Morgan fingerprint density at radius 1 is 1.06 bits per heavy atom. The van der Waals surface area contributed by atoms with Crippen molar-refractivity contribution in [3.05, 3.63) is 88.7 Å². The minimum atomic E-state index is -4.39. The molecule has 0 unspecified atom stereocenters. The minimum absolute atomic E-state index is 0.0779. The van der Waals surface area contributed by atoms with Crippen molar-refractivity contribution in [2.24, 2.45) is 0 Å². The summed E-state index contributed by atoms with van der Waals surface area (Å²) in [4.78, 5) is 16.5. The molecule has 2 aromatic heterocycles. The summed E-state index contributed by atoms with van der Waals surface area (Å²) in [7, 11) is 0. The predicted molar refractivity (Wildman–Crippen MR) is 107 cm³/mol. The summed E-state index contributed by atoms with van der Waals surface area (Å²) in [6, 6.07) is 14.4. The first-order chi connectivity index (χ1) is 14.9. The molecule has 2 heterocycles. The number of alkyl halides is 3. The van der Waals surface area contributed by atoms with Gasteiger partial charge in [-0.25, -0.2) is 14.5 Å². The van der Waals surface area contributed by atoms with Crippen LogP contribution in [0.3, 0.4) is 0 Å². The molecule has 4 rings (SSSR count). The molecule has 0 aliphatic carbocycles. The van der Waals surface area contributed by atoms with Gasteiger partial charge in [0.05, 0.1) is 24.0 Å². The van der Waals surface area contributed by atoms with E-state index in [1.807, 2.05) is 30.3 Å². The van der Waals surface area contributed by atoms with Gasteiger partial charge in [0.25, 0.3) is 0 Å². The number of ether oxygens (including phenoxy) is 1. The lowest BCUT2D eigenvalue weighted by Crippen LogP contribution is -2.06. The average molecular weight is 444 g/mol. The summed E-state index contributed by atoms with van der Waals surface area (Å²) in [6.07, 6.45) is -2.88. The Bertz CT molecular complexity index is 1170. The van der Waals surface area contributed by atoms with E-state index in [1.54, 1.807) is 5.38 Å². The van der Waals surface area contributed by atoms with Gasteiger partial charge >= 0.3 is 12.1 Å². The van der Waals surface area contributed by atoms with Gasteiger partial charge < -0.3 is 4.74 Å². The summed E-state index contributed by atoms with van der Waals surface area (Å²) in [5.74, 6) is -0.636. The molecule has 6 nitrogen and oxygen atoms in total. The van der Waals surface area contributed by atoms with Crippen molar-refractivity contribution in [2.45, 2.75) is 19.3 Å². The van der Waals surface area contributed by atoms with Gasteiger partial charge in [-0.15, -0.1) is 16.4 Å². The summed E-state index contributed by atoms with van der Waals surface area (Å²) in [6.45, 7) is 0.394. The Kier molecular flexibility index (Phi) is 5.81. The molecule has 2 aromatic carbocycles. The number of aromatic nitrogens is 4. The van der Waals surface area contributed by atoms with Gasteiger partial charge in [-0.3, -0.25) is 0 Å². The largest absolute Gasteiger partial charge is 0.454 e. The number of nitrogens with zero attached hydrogens (tertiary/aromatic N) is 4. The molecule has 0 aliphatic heterocycles. The maximum atomic E-state index is 12.7. The van der Waals surface area contributed by atoms with Crippen LogP contribution in [0.1, 0.15) is 27.3 Å². The van der Waals surface area contributed by atoms with E-state index in [1.165, 1.54) is 34.3 Å². The molecule has 4 aromatic rings. The molecule has 0 N–H and O–H groups in total. The van der Waals surface area contributed by atoms with E-state index >= 15 is 0 Å². The minimum Gasteiger partial charge on any atom is -0.454 e. The number of rotatable bonds is 6. The molecule has 31 heavy (non-hydrogen) atoms. The molecule has 158 valence electrons. The lowest BCUT2D eigenvalue weighted by molar-refractivity contribution is -0.137. The quantitative estimate of drug-likeness (QED) is 0.399. The standard InChI is InChI=1S/C21H15F3N4O2S/c22-21(23,24)16-8-6-15(7-9-16)19-25-17(13-31-19)12-30-20(29)18-11-28(27-26-18)10-14-4-2-1-3-5-14/h1-9,11,13H,10,12H2. The van der Waals surface area contributed by atoms with Crippen LogP contribution in [0.5, 0.6) is 0 Å². The van der Waals surface area contributed by atoms with Crippen molar-refractivity contribution in [3.63, 3.8) is 0 Å². The van der Waals surface area contributed by atoms with Crippen molar-refractivity contribution < 1.29 is 22.7 Å². The van der Waals surface area contributed by atoms with E-state index in [4.69, 9.17) is 4.74 Å². The number of carbonyl (C=O) groups excluding carboxylic acids is 1. The third-order valence-electron chi connectivity index (χ3n) is 4.30. The molecule has 0 spiro atoms. The zero-order valence-corrected chi connectivity index (χ0v) is 16.7. The second-order valence-corrected chi connectivity index (χ2v) is 7.44. The lowest BCUT2D eigenvalue weighted by Gasteiger charge is -2.06. The second-order valence-electron chi connectivity index (χ2n) is 6.58. The number of benzene rings is 2. The van der Waals surface area contributed by atoms with Gasteiger partial charge in [-0.05, 0) is 17.7 Å². The highest BCUT2D eigenvalue weighted by Crippen LogP contribution is 2.31. The van der Waals surface area contributed by atoms with Crippen LogP contribution in [0.4, 0.5) is 13.2 Å². The Morgan fingerprint density at radius 3 is 2.52 bits per heavy atom. The van der Waals surface area contributed by atoms with E-state index in [2.05, 4.69) is 15.3 Å². The molecule has 0 aliphatic rings. The SMILES string of the molecule is O=C(OCc1csc(-c2ccc(C(F)(F)F)cc2)n1)c1cn(Cc2ccccc2)nn1. The molecule has 0 bridgehead atoms. The summed E-state index contributed by atoms with van der Waals surface area (Å²) in [5, 5.41) is 9.98. The topological polar surface area (TPSA) is 69.9 Å². The van der Waals surface area contributed by atoms with Crippen molar-refractivity contribution in [3.8, 4) is 10.6 Å². The van der Waals surface area contributed by atoms with Crippen LogP contribution in [0.25, 0.3) is 10.6 Å². The van der Waals surface area contributed by atoms with Crippen molar-refractivity contribution in [2.75, 3.05) is 0 Å². The highest BCUT2D eigenvalue weighted by atomic mass is 32.1. The number of hydrogen-bond acceptors (Lipinski definition) is 6. The number of hydrogen-bond donors (Lipinski definition) is 0. The molecular weight excluding hydrogens is 429 g/mol. The zero-order chi connectivity index (χ0) is 21.8. The lowest BCUT2D eigenvalue weighted by atomic mass is 10.1. The smallest absolute Gasteiger partial charge is 0.416 e. The monoisotopic (exact) mass is 444 g/mol. The maximum absolute atomic E-state index is 12.7. The summed E-state index contributed by atoms with van der Waals surface area (Å²) in [5.41, 5.74) is 1.42. The Labute approximate surface area is 178 Å². The molecule has 0 saturated heterocycles. The first kappa shape index (κ1) is 20.7. The fourth-order valence-corrected chi connectivity index (χ4v) is 3.57. The molecular formula is C21H15F3N4O2S. The number of esters is 1. The Hall–Kier alpha value is -3.53. The first-order valence-corrected chi connectivity index (χ1v) is 10.00. The fourth-order valence-electron chi connectivity index (χ4n) is 2.76. The van der Waals surface area contributed by atoms with Crippen LogP contribution in [0, 0.1) is 0 Å². The van der Waals surface area contributed by atoms with Gasteiger partial charge in [0.1, 0.15) is 11.6 Å². The fraction of sp³-hybridized carbons (Fsp3) is 0.143. The van der Waals surface area contributed by atoms with Gasteiger partial charge in [0.2, 0.25) is 0 Å². The van der Waals surface area contributed by atoms with E-state index < -0.39 is 17.7 Å². The van der Waals surface area contributed by atoms with E-state index in [0.29, 0.717) is 22.8 Å². The van der Waals surface area contributed by atoms with Crippen LogP contribution in [0.2, 0.25) is 0 Å². The van der Waals surface area contributed by atoms with Crippen LogP contribution >= 0.6 is 11.3 Å². The summed E-state index contributed by atoms with van der Waals surface area (Å²) < 4.78 is 44.8. The Balaban J connectivity index is 1.35. The Morgan fingerprint density at radius 2 is 1.81 bits per heavy atom. The first-order valence-electron chi connectivity index (χ1n) is 9.12. The maximum Gasteiger partial charge on any atom is 0.416 e. The van der Waals surface area contributed by atoms with Gasteiger partial charge in [-0.1, -0.05) is 47.7 Å². The summed E-state index contributed by atoms with van der Waals surface area (Å²) >= 11 is 1.25.